The molecular weight excluding hydrogens is 212 g/mol. The van der Waals surface area contributed by atoms with Crippen LogP contribution in [-0.2, 0) is 0 Å². The molecule has 102 valence electrons. The van der Waals surface area contributed by atoms with E-state index in [-0.39, 0.29) is 6.10 Å². The monoisotopic (exact) mass is 242 g/mol. The number of rotatable bonds is 7. The van der Waals surface area contributed by atoms with Crippen LogP contribution in [0.2, 0.25) is 0 Å². The van der Waals surface area contributed by atoms with E-state index in [1.807, 2.05) is 0 Å². The van der Waals surface area contributed by atoms with Gasteiger partial charge in [0, 0.05) is 25.2 Å². The van der Waals surface area contributed by atoms with Crippen LogP contribution in [0.1, 0.15) is 52.9 Å². The van der Waals surface area contributed by atoms with Crippen molar-refractivity contribution in [3.63, 3.8) is 0 Å². The summed E-state index contributed by atoms with van der Waals surface area (Å²) in [5.41, 5.74) is 0. The third-order valence-electron chi connectivity index (χ3n) is 3.70. The third-order valence-corrected chi connectivity index (χ3v) is 3.70. The maximum Gasteiger partial charge on any atom is 0.0791 e. The van der Waals surface area contributed by atoms with E-state index >= 15 is 0 Å². The van der Waals surface area contributed by atoms with Gasteiger partial charge in [-0.05, 0) is 19.4 Å². The Bertz CT molecular complexity index is 191. The van der Waals surface area contributed by atoms with Gasteiger partial charge in [-0.25, -0.2) is 0 Å². The van der Waals surface area contributed by atoms with E-state index in [0.29, 0.717) is 18.6 Å². The minimum absolute atomic E-state index is 0.237. The van der Waals surface area contributed by atoms with Crippen molar-refractivity contribution in [2.45, 2.75) is 71.1 Å². The summed E-state index contributed by atoms with van der Waals surface area (Å²) in [6.45, 7) is 9.03. The maximum atomic E-state index is 10.0. The van der Waals surface area contributed by atoms with Crippen molar-refractivity contribution < 1.29 is 5.11 Å². The first kappa shape index (κ1) is 14.9. The number of hydrogen-bond donors (Lipinski definition) is 2. The average Bonchev–Trinajstić information content (AvgIpc) is 2.34. The summed E-state index contributed by atoms with van der Waals surface area (Å²) in [6.07, 6.45) is 6.52. The Balaban J connectivity index is 2.29. The Labute approximate surface area is 107 Å². The molecule has 3 nitrogen and oxygen atoms in total. The molecule has 3 heteroatoms. The molecule has 1 saturated carbocycles. The van der Waals surface area contributed by atoms with Crippen LogP contribution in [0.25, 0.3) is 0 Å². The molecule has 0 amide bonds. The lowest BCUT2D eigenvalue weighted by Gasteiger charge is -2.35. The van der Waals surface area contributed by atoms with E-state index in [2.05, 4.69) is 31.0 Å². The zero-order valence-corrected chi connectivity index (χ0v) is 11.8. The molecule has 1 atom stereocenters. The summed E-state index contributed by atoms with van der Waals surface area (Å²) in [5, 5.41) is 13.3. The van der Waals surface area contributed by atoms with Gasteiger partial charge in [0.15, 0.2) is 0 Å². The Morgan fingerprint density at radius 2 is 1.88 bits per heavy atom. The first-order valence-electron chi connectivity index (χ1n) is 7.29. The van der Waals surface area contributed by atoms with Crippen LogP contribution in [0, 0.1) is 0 Å². The second-order valence-corrected chi connectivity index (χ2v) is 5.60. The molecule has 0 spiro atoms. The number of likely N-dealkylation sites (N-methyl/N-ethyl adjacent to an activating group) is 1. The zero-order chi connectivity index (χ0) is 12.7. The topological polar surface area (TPSA) is 35.5 Å². The van der Waals surface area contributed by atoms with E-state index in [1.165, 1.54) is 32.1 Å². The molecule has 0 bridgehead atoms. The summed E-state index contributed by atoms with van der Waals surface area (Å²) >= 11 is 0. The smallest absolute Gasteiger partial charge is 0.0791 e. The highest BCUT2D eigenvalue weighted by Gasteiger charge is 2.21. The number of aliphatic hydroxyl groups is 1. The molecule has 1 unspecified atom stereocenters. The lowest BCUT2D eigenvalue weighted by molar-refractivity contribution is 0.0754. The zero-order valence-electron chi connectivity index (χ0n) is 11.8. The van der Waals surface area contributed by atoms with Crippen molar-refractivity contribution in [2.75, 3.05) is 19.6 Å². The summed E-state index contributed by atoms with van der Waals surface area (Å²) in [4.78, 5) is 2.46. The summed E-state index contributed by atoms with van der Waals surface area (Å²) in [5.74, 6) is 0. The fraction of sp³-hybridized carbons (Fsp3) is 1.00. The van der Waals surface area contributed by atoms with Gasteiger partial charge in [0.2, 0.25) is 0 Å². The normalized spacial score (nSPS) is 20.1. The van der Waals surface area contributed by atoms with Crippen LogP contribution in [0.15, 0.2) is 0 Å². The van der Waals surface area contributed by atoms with Gasteiger partial charge in [0.05, 0.1) is 6.10 Å². The first-order chi connectivity index (χ1) is 8.13. The molecule has 0 aromatic heterocycles. The lowest BCUT2D eigenvalue weighted by atomic mass is 9.94. The van der Waals surface area contributed by atoms with Crippen molar-refractivity contribution in [1.82, 2.24) is 10.2 Å². The van der Waals surface area contributed by atoms with Gasteiger partial charge in [-0.3, -0.25) is 4.90 Å². The van der Waals surface area contributed by atoms with Crippen molar-refractivity contribution in [2.24, 2.45) is 0 Å². The van der Waals surface area contributed by atoms with Gasteiger partial charge in [-0.2, -0.15) is 0 Å². The van der Waals surface area contributed by atoms with Crippen LogP contribution >= 0.6 is 0 Å². The Morgan fingerprint density at radius 3 is 2.41 bits per heavy atom. The number of nitrogens with one attached hydrogen (secondary N) is 1. The highest BCUT2D eigenvalue weighted by atomic mass is 16.3. The quantitative estimate of drug-likeness (QED) is 0.717. The molecule has 1 rings (SSSR count). The molecule has 0 saturated heterocycles. The number of nitrogens with zero attached hydrogens (tertiary/aromatic N) is 1. The minimum atomic E-state index is -0.237. The molecule has 0 radical (unpaired) electrons. The van der Waals surface area contributed by atoms with Gasteiger partial charge in [-0.15, -0.1) is 0 Å². The Kier molecular flexibility index (Phi) is 7.09. The van der Waals surface area contributed by atoms with Crippen LogP contribution in [0.5, 0.6) is 0 Å². The molecule has 1 aliphatic carbocycles. The van der Waals surface area contributed by atoms with Gasteiger partial charge >= 0.3 is 0 Å². The SMILES string of the molecule is CCN(CC(O)CNC(C)C)C1CCCCC1. The Morgan fingerprint density at radius 1 is 1.24 bits per heavy atom. The molecule has 1 aliphatic rings. The van der Waals surface area contributed by atoms with Crippen molar-refractivity contribution >= 4 is 0 Å². The van der Waals surface area contributed by atoms with Gasteiger partial charge < -0.3 is 10.4 Å². The van der Waals surface area contributed by atoms with Crippen molar-refractivity contribution in [3.8, 4) is 0 Å². The molecule has 17 heavy (non-hydrogen) atoms. The molecule has 0 aliphatic heterocycles. The van der Waals surface area contributed by atoms with Crippen LogP contribution in [0.3, 0.4) is 0 Å². The second kappa shape index (κ2) is 8.06. The van der Waals surface area contributed by atoms with Gasteiger partial charge in [-0.1, -0.05) is 40.0 Å². The van der Waals surface area contributed by atoms with E-state index in [4.69, 9.17) is 0 Å². The third kappa shape index (κ3) is 5.84. The van der Waals surface area contributed by atoms with Gasteiger partial charge in [0.1, 0.15) is 0 Å². The van der Waals surface area contributed by atoms with E-state index in [0.717, 1.165) is 13.1 Å². The van der Waals surface area contributed by atoms with E-state index in [9.17, 15) is 5.11 Å². The van der Waals surface area contributed by atoms with Crippen molar-refractivity contribution in [3.05, 3.63) is 0 Å². The molecule has 0 aromatic carbocycles. The average molecular weight is 242 g/mol. The summed E-state index contributed by atoms with van der Waals surface area (Å²) in [6, 6.07) is 1.16. The second-order valence-electron chi connectivity index (χ2n) is 5.60. The highest BCUT2D eigenvalue weighted by molar-refractivity contribution is 4.77. The fourth-order valence-electron chi connectivity index (χ4n) is 2.69. The summed E-state index contributed by atoms with van der Waals surface area (Å²) < 4.78 is 0. The number of aliphatic hydroxyl groups excluding tert-OH is 1. The molecule has 0 aromatic rings. The van der Waals surface area contributed by atoms with E-state index in [1.54, 1.807) is 0 Å². The van der Waals surface area contributed by atoms with Crippen LogP contribution in [0.4, 0.5) is 0 Å². The summed E-state index contributed by atoms with van der Waals surface area (Å²) in [7, 11) is 0. The van der Waals surface area contributed by atoms with Crippen LogP contribution in [-0.4, -0.2) is 47.8 Å². The molecule has 1 fully saturated rings. The Hall–Kier alpha value is -0.120. The van der Waals surface area contributed by atoms with Gasteiger partial charge in [0.25, 0.3) is 0 Å². The highest BCUT2D eigenvalue weighted by Crippen LogP contribution is 2.22. The van der Waals surface area contributed by atoms with Crippen LogP contribution < -0.4 is 5.32 Å². The number of hydrogen-bond acceptors (Lipinski definition) is 3. The van der Waals surface area contributed by atoms with Crippen molar-refractivity contribution in [1.29, 1.82) is 0 Å². The molecular formula is C14H30N2O. The van der Waals surface area contributed by atoms with E-state index < -0.39 is 0 Å². The first-order valence-corrected chi connectivity index (χ1v) is 7.29. The molecule has 0 heterocycles. The largest absolute Gasteiger partial charge is 0.390 e. The molecule has 2 N–H and O–H groups in total. The minimum Gasteiger partial charge on any atom is -0.390 e. The fourth-order valence-corrected chi connectivity index (χ4v) is 2.69. The maximum absolute atomic E-state index is 10.0. The predicted octanol–water partition coefficient (Wildman–Crippen LogP) is 2.00. The standard InChI is InChI=1S/C14H30N2O/c1-4-16(13-8-6-5-7-9-13)11-14(17)10-15-12(2)3/h12-15,17H,4-11H2,1-3H3. The lowest BCUT2D eigenvalue weighted by Crippen LogP contribution is -2.45. The predicted molar refractivity (Wildman–Crippen MR) is 73.3 cm³/mol.